The average Bonchev–Trinajstić information content (AvgIpc) is 2.95. The normalized spacial score (nSPS) is 26.1. The Morgan fingerprint density at radius 2 is 2.30 bits per heavy atom. The van der Waals surface area contributed by atoms with Gasteiger partial charge in [-0.1, -0.05) is 6.92 Å². The zero-order chi connectivity index (χ0) is 14.1. The molecule has 2 saturated heterocycles. The van der Waals surface area contributed by atoms with Crippen molar-refractivity contribution in [3.63, 3.8) is 0 Å². The van der Waals surface area contributed by atoms with E-state index in [1.807, 2.05) is 17.9 Å². The number of piperidine rings is 2. The molecule has 2 amide bonds. The van der Waals surface area contributed by atoms with Crippen LogP contribution in [0.25, 0.3) is 0 Å². The highest BCUT2D eigenvalue weighted by molar-refractivity contribution is 5.91. The van der Waals surface area contributed by atoms with E-state index in [0.717, 1.165) is 25.0 Å². The van der Waals surface area contributed by atoms with Gasteiger partial charge in [0.15, 0.2) is 5.76 Å². The molecule has 2 unspecified atom stereocenters. The molecular weight excluding hydrogens is 256 g/mol. The van der Waals surface area contributed by atoms with Crippen molar-refractivity contribution in [1.29, 1.82) is 0 Å². The minimum Gasteiger partial charge on any atom is -0.456 e. The number of amides is 2. The Labute approximate surface area is 118 Å². The fourth-order valence-electron chi connectivity index (χ4n) is 3.13. The number of nitrogens with zero attached hydrogens (tertiary/aromatic N) is 1. The molecule has 108 valence electrons. The van der Waals surface area contributed by atoms with Crippen molar-refractivity contribution < 1.29 is 14.0 Å². The van der Waals surface area contributed by atoms with E-state index in [4.69, 9.17) is 4.42 Å². The summed E-state index contributed by atoms with van der Waals surface area (Å²) in [6, 6.07) is 3.86. The summed E-state index contributed by atoms with van der Waals surface area (Å²) in [6.07, 6.45) is 3.08. The highest BCUT2D eigenvalue weighted by Gasteiger charge is 2.36. The Morgan fingerprint density at radius 3 is 3.05 bits per heavy atom. The third kappa shape index (κ3) is 2.44. The van der Waals surface area contributed by atoms with Crippen LogP contribution in [0.1, 0.15) is 42.5 Å². The molecule has 0 bridgehead atoms. The van der Waals surface area contributed by atoms with E-state index in [-0.39, 0.29) is 17.9 Å². The second kappa shape index (κ2) is 5.31. The van der Waals surface area contributed by atoms with E-state index in [9.17, 15) is 9.59 Å². The van der Waals surface area contributed by atoms with Gasteiger partial charge in [-0.05, 0) is 30.9 Å². The van der Waals surface area contributed by atoms with Crippen molar-refractivity contribution in [1.82, 2.24) is 10.2 Å². The van der Waals surface area contributed by atoms with Crippen LogP contribution >= 0.6 is 0 Å². The molecule has 0 aromatic carbocycles. The van der Waals surface area contributed by atoms with Crippen LogP contribution < -0.4 is 5.32 Å². The minimum absolute atomic E-state index is 0.0277. The molecule has 1 aromatic heterocycles. The molecule has 0 aliphatic carbocycles. The SMILES string of the molecule is CCc1ccc(C(=O)N2CCC3NC(=O)CCC3C2)o1. The molecule has 2 aliphatic heterocycles. The van der Waals surface area contributed by atoms with Crippen LogP contribution in [-0.2, 0) is 11.2 Å². The summed E-state index contributed by atoms with van der Waals surface area (Å²) in [7, 11) is 0. The van der Waals surface area contributed by atoms with Crippen LogP contribution in [0.4, 0.5) is 0 Å². The highest BCUT2D eigenvalue weighted by Crippen LogP contribution is 2.26. The standard InChI is InChI=1S/C15H20N2O3/c1-2-11-4-5-13(20-11)15(19)17-8-7-12-10(9-17)3-6-14(18)16-12/h4-5,10,12H,2-3,6-9H2,1H3,(H,16,18). The first-order valence-electron chi connectivity index (χ1n) is 7.34. The lowest BCUT2D eigenvalue weighted by atomic mass is 9.85. The largest absolute Gasteiger partial charge is 0.456 e. The monoisotopic (exact) mass is 276 g/mol. The van der Waals surface area contributed by atoms with E-state index in [0.29, 0.717) is 31.2 Å². The number of fused-ring (bicyclic) bond motifs is 1. The number of hydrogen-bond donors (Lipinski definition) is 1. The van der Waals surface area contributed by atoms with E-state index in [1.54, 1.807) is 6.07 Å². The zero-order valence-electron chi connectivity index (χ0n) is 11.7. The van der Waals surface area contributed by atoms with Gasteiger partial charge in [-0.15, -0.1) is 0 Å². The smallest absolute Gasteiger partial charge is 0.289 e. The van der Waals surface area contributed by atoms with Crippen LogP contribution in [-0.4, -0.2) is 35.8 Å². The number of hydrogen-bond acceptors (Lipinski definition) is 3. The summed E-state index contributed by atoms with van der Waals surface area (Å²) < 4.78 is 5.54. The molecule has 0 spiro atoms. The molecule has 20 heavy (non-hydrogen) atoms. The molecule has 3 rings (SSSR count). The van der Waals surface area contributed by atoms with Crippen LogP contribution in [0.3, 0.4) is 0 Å². The number of furan rings is 1. The van der Waals surface area contributed by atoms with Crippen molar-refractivity contribution >= 4 is 11.8 Å². The number of carbonyl (C=O) groups excluding carboxylic acids is 2. The fourth-order valence-corrected chi connectivity index (χ4v) is 3.13. The number of rotatable bonds is 2. The molecule has 0 saturated carbocycles. The maximum atomic E-state index is 12.4. The Hall–Kier alpha value is -1.78. The molecule has 5 heteroatoms. The maximum Gasteiger partial charge on any atom is 0.289 e. The number of nitrogens with one attached hydrogen (secondary N) is 1. The lowest BCUT2D eigenvalue weighted by molar-refractivity contribution is -0.125. The lowest BCUT2D eigenvalue weighted by Crippen LogP contribution is -2.55. The quantitative estimate of drug-likeness (QED) is 0.892. The van der Waals surface area contributed by atoms with Gasteiger partial charge in [0.1, 0.15) is 5.76 Å². The van der Waals surface area contributed by atoms with Gasteiger partial charge >= 0.3 is 0 Å². The lowest BCUT2D eigenvalue weighted by Gasteiger charge is -2.41. The van der Waals surface area contributed by atoms with E-state index >= 15 is 0 Å². The first-order chi connectivity index (χ1) is 9.67. The summed E-state index contributed by atoms with van der Waals surface area (Å²) in [4.78, 5) is 25.7. The van der Waals surface area contributed by atoms with Gasteiger partial charge in [0, 0.05) is 32.0 Å². The van der Waals surface area contributed by atoms with Crippen LogP contribution in [0, 0.1) is 5.92 Å². The molecule has 1 aromatic rings. The summed E-state index contributed by atoms with van der Waals surface area (Å²) >= 11 is 0. The van der Waals surface area contributed by atoms with Crippen molar-refractivity contribution in [2.24, 2.45) is 5.92 Å². The molecular formula is C15H20N2O3. The van der Waals surface area contributed by atoms with Gasteiger partial charge in [0.05, 0.1) is 0 Å². The predicted octanol–water partition coefficient (Wildman–Crippen LogP) is 1.58. The summed E-state index contributed by atoms with van der Waals surface area (Å²) in [5.74, 6) is 1.77. The van der Waals surface area contributed by atoms with Crippen LogP contribution in [0.5, 0.6) is 0 Å². The van der Waals surface area contributed by atoms with Gasteiger partial charge in [-0.3, -0.25) is 9.59 Å². The Morgan fingerprint density at radius 1 is 1.45 bits per heavy atom. The average molecular weight is 276 g/mol. The summed E-state index contributed by atoms with van der Waals surface area (Å²) in [5, 5.41) is 3.03. The molecule has 1 N–H and O–H groups in total. The van der Waals surface area contributed by atoms with Crippen molar-refractivity contribution in [2.45, 2.75) is 38.6 Å². The molecule has 2 atom stereocenters. The molecule has 0 radical (unpaired) electrons. The van der Waals surface area contributed by atoms with Gasteiger partial charge in [-0.25, -0.2) is 0 Å². The van der Waals surface area contributed by atoms with Crippen molar-refractivity contribution in [3.8, 4) is 0 Å². The topological polar surface area (TPSA) is 62.6 Å². The van der Waals surface area contributed by atoms with Gasteiger partial charge in [0.2, 0.25) is 5.91 Å². The predicted molar refractivity (Wildman–Crippen MR) is 73.3 cm³/mol. The van der Waals surface area contributed by atoms with Crippen molar-refractivity contribution in [3.05, 3.63) is 23.7 Å². The molecule has 2 fully saturated rings. The zero-order valence-corrected chi connectivity index (χ0v) is 11.7. The fraction of sp³-hybridized carbons (Fsp3) is 0.600. The first kappa shape index (κ1) is 13.2. The number of likely N-dealkylation sites (tertiary alicyclic amines) is 1. The second-order valence-electron chi connectivity index (χ2n) is 5.63. The summed E-state index contributed by atoms with van der Waals surface area (Å²) in [5.41, 5.74) is 0. The van der Waals surface area contributed by atoms with Crippen LogP contribution in [0.2, 0.25) is 0 Å². The van der Waals surface area contributed by atoms with E-state index < -0.39 is 0 Å². The maximum absolute atomic E-state index is 12.4. The van der Waals surface area contributed by atoms with Crippen molar-refractivity contribution in [2.75, 3.05) is 13.1 Å². The van der Waals surface area contributed by atoms with E-state index in [1.165, 1.54) is 0 Å². The van der Waals surface area contributed by atoms with E-state index in [2.05, 4.69) is 5.32 Å². The van der Waals surface area contributed by atoms with Gasteiger partial charge < -0.3 is 14.6 Å². The summed E-state index contributed by atoms with van der Waals surface area (Å²) in [6.45, 7) is 3.40. The number of carbonyl (C=O) groups is 2. The van der Waals surface area contributed by atoms with Gasteiger partial charge in [-0.2, -0.15) is 0 Å². The Bertz CT molecular complexity index is 523. The Balaban J connectivity index is 1.66. The molecule has 3 heterocycles. The Kier molecular flexibility index (Phi) is 3.51. The van der Waals surface area contributed by atoms with Gasteiger partial charge in [0.25, 0.3) is 5.91 Å². The third-order valence-corrected chi connectivity index (χ3v) is 4.33. The first-order valence-corrected chi connectivity index (χ1v) is 7.34. The molecule has 2 aliphatic rings. The third-order valence-electron chi connectivity index (χ3n) is 4.33. The van der Waals surface area contributed by atoms with Crippen LogP contribution in [0.15, 0.2) is 16.5 Å². The molecule has 5 nitrogen and oxygen atoms in total. The highest BCUT2D eigenvalue weighted by atomic mass is 16.4. The minimum atomic E-state index is -0.0277. The number of aryl methyl sites for hydroxylation is 1. The second-order valence-corrected chi connectivity index (χ2v) is 5.63.